The number of hydrogen-bond acceptors (Lipinski definition) is 5. The van der Waals surface area contributed by atoms with Gasteiger partial charge in [-0.2, -0.15) is 9.78 Å². The van der Waals surface area contributed by atoms with Gasteiger partial charge in [0.25, 0.3) is 5.56 Å². The van der Waals surface area contributed by atoms with Crippen LogP contribution in [0.15, 0.2) is 73.4 Å². The Kier molecular flexibility index (Phi) is 8.59. The highest BCUT2D eigenvalue weighted by Crippen LogP contribution is 2.34. The van der Waals surface area contributed by atoms with Crippen LogP contribution in [0.2, 0.25) is 0 Å². The van der Waals surface area contributed by atoms with Crippen LogP contribution in [-0.2, 0) is 13.0 Å². The molecule has 0 bridgehead atoms. The summed E-state index contributed by atoms with van der Waals surface area (Å²) in [5, 5.41) is 5.05. The second-order valence-electron chi connectivity index (χ2n) is 8.33. The molecule has 0 atom stereocenters. The van der Waals surface area contributed by atoms with Crippen LogP contribution in [0.4, 0.5) is 0 Å². The van der Waals surface area contributed by atoms with E-state index in [4.69, 9.17) is 14.5 Å². The third-order valence-corrected chi connectivity index (χ3v) is 6.68. The minimum Gasteiger partial charge on any atom is -0.490 e. The molecule has 0 saturated carbocycles. The van der Waals surface area contributed by atoms with E-state index < -0.39 is 0 Å². The number of halogens is 2. The zero-order valence-electron chi connectivity index (χ0n) is 20.4. The van der Waals surface area contributed by atoms with E-state index in [1.807, 2.05) is 50.2 Å². The number of aryl methyl sites for hydroxylation is 2. The molecule has 0 amide bonds. The van der Waals surface area contributed by atoms with Crippen molar-refractivity contribution in [3.8, 4) is 11.5 Å². The van der Waals surface area contributed by atoms with Gasteiger partial charge in [-0.15, -0.1) is 0 Å². The maximum atomic E-state index is 13.3. The predicted octanol–water partition coefficient (Wildman–Crippen LogP) is 7.04. The highest BCUT2D eigenvalue weighted by atomic mass is 79.9. The zero-order valence-corrected chi connectivity index (χ0v) is 23.6. The van der Waals surface area contributed by atoms with E-state index in [2.05, 4.69) is 56.0 Å². The van der Waals surface area contributed by atoms with Gasteiger partial charge in [-0.05, 0) is 72.1 Å². The Bertz CT molecular complexity index is 1480. The lowest BCUT2D eigenvalue weighted by Gasteiger charge is -2.14. The first-order chi connectivity index (χ1) is 17.4. The number of fused-ring (bicyclic) bond motifs is 1. The van der Waals surface area contributed by atoms with Crippen molar-refractivity contribution >= 4 is 49.0 Å². The van der Waals surface area contributed by atoms with Gasteiger partial charge in [-0.25, -0.2) is 4.98 Å². The first kappa shape index (κ1) is 26.1. The lowest BCUT2D eigenvalue weighted by atomic mass is 10.1. The summed E-state index contributed by atoms with van der Waals surface area (Å²) in [5.41, 5.74) is 3.47. The van der Waals surface area contributed by atoms with Crippen molar-refractivity contribution in [2.75, 3.05) is 6.61 Å². The Labute approximate surface area is 227 Å². The highest BCUT2D eigenvalue weighted by molar-refractivity contribution is 9.10. The maximum Gasteiger partial charge on any atom is 0.282 e. The number of rotatable bonds is 9. The standard InChI is InChI=1S/C28H27Br2N3O3/c1-4-7-27-32-24-11-10-21(29)14-22(24)28(34)33(27)31-16-20-13-25(35-5-2)26(15-23(20)30)36-17-19-9-6-8-18(3)12-19/h6,8-16H,4-5,7,17H2,1-3H3. The summed E-state index contributed by atoms with van der Waals surface area (Å²) in [6.45, 7) is 6.95. The Hall–Kier alpha value is -2.97. The van der Waals surface area contributed by atoms with Crippen molar-refractivity contribution in [1.82, 2.24) is 9.66 Å². The first-order valence-electron chi connectivity index (χ1n) is 11.8. The van der Waals surface area contributed by atoms with Gasteiger partial charge in [-0.1, -0.05) is 52.7 Å². The molecule has 4 rings (SSSR count). The van der Waals surface area contributed by atoms with Gasteiger partial charge in [0.05, 0.1) is 23.7 Å². The number of nitrogens with zero attached hydrogens (tertiary/aromatic N) is 3. The minimum absolute atomic E-state index is 0.208. The van der Waals surface area contributed by atoms with E-state index in [-0.39, 0.29) is 5.56 Å². The van der Waals surface area contributed by atoms with Crippen LogP contribution in [0.3, 0.4) is 0 Å². The van der Waals surface area contributed by atoms with Crippen molar-refractivity contribution in [3.63, 3.8) is 0 Å². The monoisotopic (exact) mass is 611 g/mol. The fourth-order valence-electron chi connectivity index (χ4n) is 3.81. The van der Waals surface area contributed by atoms with Crippen LogP contribution in [0.25, 0.3) is 10.9 Å². The second-order valence-corrected chi connectivity index (χ2v) is 10.1. The SMILES string of the molecule is CCCc1nc2ccc(Br)cc2c(=O)n1N=Cc1cc(OCC)c(OCc2cccc(C)c2)cc1Br. The van der Waals surface area contributed by atoms with E-state index in [0.29, 0.717) is 47.9 Å². The molecule has 186 valence electrons. The van der Waals surface area contributed by atoms with E-state index in [1.165, 1.54) is 10.2 Å². The van der Waals surface area contributed by atoms with Crippen LogP contribution >= 0.6 is 31.9 Å². The quantitative estimate of drug-likeness (QED) is 0.190. The topological polar surface area (TPSA) is 65.7 Å². The summed E-state index contributed by atoms with van der Waals surface area (Å²) in [6.07, 6.45) is 3.12. The Morgan fingerprint density at radius 3 is 2.58 bits per heavy atom. The summed E-state index contributed by atoms with van der Waals surface area (Å²) in [6, 6.07) is 17.4. The molecule has 8 heteroatoms. The molecule has 0 aliphatic heterocycles. The molecule has 0 unspecified atom stereocenters. The van der Waals surface area contributed by atoms with Gasteiger partial charge < -0.3 is 9.47 Å². The van der Waals surface area contributed by atoms with Crippen LogP contribution in [-0.4, -0.2) is 22.5 Å². The lowest BCUT2D eigenvalue weighted by Crippen LogP contribution is -2.22. The first-order valence-corrected chi connectivity index (χ1v) is 13.4. The van der Waals surface area contributed by atoms with E-state index in [0.717, 1.165) is 26.5 Å². The van der Waals surface area contributed by atoms with Gasteiger partial charge in [0.1, 0.15) is 12.4 Å². The smallest absolute Gasteiger partial charge is 0.282 e. The largest absolute Gasteiger partial charge is 0.490 e. The van der Waals surface area contributed by atoms with Crippen LogP contribution in [0.5, 0.6) is 11.5 Å². The van der Waals surface area contributed by atoms with Crippen molar-refractivity contribution in [2.24, 2.45) is 5.10 Å². The second kappa shape index (κ2) is 11.8. The zero-order chi connectivity index (χ0) is 25.7. The predicted molar refractivity (Wildman–Crippen MR) is 152 cm³/mol. The fraction of sp³-hybridized carbons (Fsp3) is 0.250. The van der Waals surface area contributed by atoms with Crippen molar-refractivity contribution in [1.29, 1.82) is 0 Å². The Morgan fingerprint density at radius 2 is 1.83 bits per heavy atom. The molecule has 0 radical (unpaired) electrons. The molecule has 4 aromatic rings. The summed E-state index contributed by atoms with van der Waals surface area (Å²) < 4.78 is 14.9. The van der Waals surface area contributed by atoms with Gasteiger partial charge in [-0.3, -0.25) is 4.79 Å². The Balaban J connectivity index is 1.69. The third kappa shape index (κ3) is 6.05. The summed E-state index contributed by atoms with van der Waals surface area (Å²) in [4.78, 5) is 18.0. The van der Waals surface area contributed by atoms with Gasteiger partial charge in [0, 0.05) is 20.9 Å². The van der Waals surface area contributed by atoms with Crippen molar-refractivity contribution < 1.29 is 9.47 Å². The highest BCUT2D eigenvalue weighted by Gasteiger charge is 2.13. The Morgan fingerprint density at radius 1 is 1.03 bits per heavy atom. The van der Waals surface area contributed by atoms with Gasteiger partial charge >= 0.3 is 0 Å². The molecule has 0 fully saturated rings. The molecular formula is C28H27Br2N3O3. The maximum absolute atomic E-state index is 13.3. The molecule has 0 saturated heterocycles. The summed E-state index contributed by atoms with van der Waals surface area (Å²) in [7, 11) is 0. The number of benzene rings is 3. The molecule has 0 aliphatic carbocycles. The molecule has 1 heterocycles. The molecule has 0 spiro atoms. The summed E-state index contributed by atoms with van der Waals surface area (Å²) >= 11 is 7.06. The third-order valence-electron chi connectivity index (χ3n) is 5.50. The number of hydrogen-bond donors (Lipinski definition) is 0. The van der Waals surface area contributed by atoms with Crippen molar-refractivity contribution in [3.05, 3.63) is 96.4 Å². The molecule has 6 nitrogen and oxygen atoms in total. The van der Waals surface area contributed by atoms with Crippen LogP contribution < -0.4 is 15.0 Å². The molecule has 0 aliphatic rings. The van der Waals surface area contributed by atoms with E-state index in [9.17, 15) is 4.79 Å². The molecule has 36 heavy (non-hydrogen) atoms. The average molecular weight is 613 g/mol. The van der Waals surface area contributed by atoms with Crippen LogP contribution in [0.1, 0.15) is 42.8 Å². The summed E-state index contributed by atoms with van der Waals surface area (Å²) in [5.74, 6) is 1.85. The van der Waals surface area contributed by atoms with Crippen LogP contribution in [0, 0.1) is 6.92 Å². The minimum atomic E-state index is -0.208. The normalized spacial score (nSPS) is 11.4. The molecule has 0 N–H and O–H groups in total. The van der Waals surface area contributed by atoms with Gasteiger partial charge in [0.15, 0.2) is 11.5 Å². The molecule has 1 aromatic heterocycles. The molecule has 3 aromatic carbocycles. The van der Waals surface area contributed by atoms with E-state index >= 15 is 0 Å². The molecular weight excluding hydrogens is 586 g/mol. The van der Waals surface area contributed by atoms with Gasteiger partial charge in [0.2, 0.25) is 0 Å². The average Bonchev–Trinajstić information content (AvgIpc) is 2.85. The number of aromatic nitrogens is 2. The van der Waals surface area contributed by atoms with E-state index in [1.54, 1.807) is 12.3 Å². The number of ether oxygens (including phenoxy) is 2. The van der Waals surface area contributed by atoms with Crippen molar-refractivity contribution in [2.45, 2.75) is 40.2 Å². The lowest BCUT2D eigenvalue weighted by molar-refractivity contribution is 0.269. The fourth-order valence-corrected chi connectivity index (χ4v) is 4.60.